The van der Waals surface area contributed by atoms with Gasteiger partial charge in [-0.2, -0.15) is 0 Å². The lowest BCUT2D eigenvalue weighted by Gasteiger charge is -2.28. The van der Waals surface area contributed by atoms with Gasteiger partial charge in [0.1, 0.15) is 5.70 Å². The number of rotatable bonds is 3. The Hall–Kier alpha value is -3.66. The number of amides is 1. The summed E-state index contributed by atoms with van der Waals surface area (Å²) in [4.78, 5) is 20.5. The van der Waals surface area contributed by atoms with Crippen molar-refractivity contribution in [1.29, 1.82) is 0 Å². The van der Waals surface area contributed by atoms with Gasteiger partial charge in [-0.25, -0.2) is 0 Å². The molecule has 5 rings (SSSR count). The highest BCUT2D eigenvalue weighted by Gasteiger charge is 2.43. The van der Waals surface area contributed by atoms with E-state index < -0.39 is 0 Å². The first-order valence-electron chi connectivity index (χ1n) is 10.3. The third-order valence-corrected chi connectivity index (χ3v) is 5.65. The van der Waals surface area contributed by atoms with E-state index in [1.165, 1.54) is 5.56 Å². The number of carbonyl (C=O) groups is 1. The maximum absolute atomic E-state index is 13.7. The van der Waals surface area contributed by atoms with E-state index in [-0.39, 0.29) is 11.9 Å². The highest BCUT2D eigenvalue weighted by Crippen LogP contribution is 2.42. The lowest BCUT2D eigenvalue weighted by molar-refractivity contribution is -0.115. The van der Waals surface area contributed by atoms with Crippen molar-refractivity contribution in [3.8, 4) is 0 Å². The molecule has 4 nitrogen and oxygen atoms in total. The Morgan fingerprint density at radius 1 is 0.900 bits per heavy atom. The quantitative estimate of drug-likeness (QED) is 0.715. The maximum atomic E-state index is 13.7. The van der Waals surface area contributed by atoms with Crippen LogP contribution in [0, 0.1) is 6.92 Å². The molecule has 1 amide bonds. The van der Waals surface area contributed by atoms with E-state index >= 15 is 0 Å². The van der Waals surface area contributed by atoms with Crippen molar-refractivity contribution in [2.45, 2.75) is 13.0 Å². The molecule has 0 saturated carbocycles. The Balaban J connectivity index is 1.73. The molecule has 2 aliphatic rings. The number of aliphatic imine (C=N–C) groups is 1. The van der Waals surface area contributed by atoms with Gasteiger partial charge in [0.05, 0.1) is 18.3 Å². The van der Waals surface area contributed by atoms with Crippen molar-refractivity contribution in [1.82, 2.24) is 5.32 Å². The summed E-state index contributed by atoms with van der Waals surface area (Å²) < 4.78 is 0. The van der Waals surface area contributed by atoms with Crippen LogP contribution in [0.5, 0.6) is 0 Å². The van der Waals surface area contributed by atoms with Gasteiger partial charge in [0, 0.05) is 23.4 Å². The number of carbonyl (C=O) groups excluding carboxylic acids is 1. The molecular weight excluding hydrogens is 370 g/mol. The van der Waals surface area contributed by atoms with Gasteiger partial charge in [-0.1, -0.05) is 78.4 Å². The number of nitrogens with zero attached hydrogens (tertiary/aromatic N) is 2. The van der Waals surface area contributed by atoms with Crippen molar-refractivity contribution in [3.05, 3.63) is 113 Å². The molecule has 148 valence electrons. The monoisotopic (exact) mass is 393 g/mol. The zero-order valence-corrected chi connectivity index (χ0v) is 16.9. The van der Waals surface area contributed by atoms with E-state index in [0.29, 0.717) is 18.8 Å². The molecule has 0 spiro atoms. The van der Waals surface area contributed by atoms with Crippen LogP contribution in [0.25, 0.3) is 0 Å². The van der Waals surface area contributed by atoms with E-state index in [4.69, 9.17) is 4.99 Å². The second kappa shape index (κ2) is 7.64. The standard InChI is InChI=1S/C26H23N3O/c1-18-12-14-20(15-13-18)25-22-23(19-8-4-2-5-9-19)27-16-17-28-24(22)26(30)29(25)21-10-6-3-7-11-21/h2-15,25,28H,16-17H2,1H3/t25-/m1/s1. The van der Waals surface area contributed by atoms with Gasteiger partial charge in [-0.05, 0) is 24.6 Å². The molecule has 0 bridgehead atoms. The Morgan fingerprint density at radius 2 is 1.57 bits per heavy atom. The second-order valence-electron chi connectivity index (χ2n) is 7.64. The van der Waals surface area contributed by atoms with Crippen molar-refractivity contribution in [3.63, 3.8) is 0 Å². The Kier molecular flexibility index (Phi) is 4.68. The van der Waals surface area contributed by atoms with Crippen molar-refractivity contribution in [2.24, 2.45) is 4.99 Å². The van der Waals surface area contributed by atoms with Gasteiger partial charge in [0.15, 0.2) is 0 Å². The van der Waals surface area contributed by atoms with Crippen LogP contribution in [-0.4, -0.2) is 24.7 Å². The van der Waals surface area contributed by atoms with Crippen LogP contribution in [-0.2, 0) is 4.79 Å². The van der Waals surface area contributed by atoms with Gasteiger partial charge in [-0.15, -0.1) is 0 Å². The number of hydrogen-bond donors (Lipinski definition) is 1. The highest BCUT2D eigenvalue weighted by atomic mass is 16.2. The van der Waals surface area contributed by atoms with Gasteiger partial charge in [0.25, 0.3) is 5.91 Å². The van der Waals surface area contributed by atoms with Crippen LogP contribution < -0.4 is 10.2 Å². The number of benzene rings is 3. The molecule has 4 heteroatoms. The van der Waals surface area contributed by atoms with E-state index in [1.54, 1.807) is 0 Å². The smallest absolute Gasteiger partial charge is 0.275 e. The molecule has 2 heterocycles. The predicted molar refractivity (Wildman–Crippen MR) is 121 cm³/mol. The fourth-order valence-electron chi connectivity index (χ4n) is 4.23. The summed E-state index contributed by atoms with van der Waals surface area (Å²) in [5.74, 6) is -0.00712. The van der Waals surface area contributed by atoms with E-state index in [0.717, 1.165) is 28.1 Å². The third-order valence-electron chi connectivity index (χ3n) is 5.65. The van der Waals surface area contributed by atoms with E-state index in [2.05, 4.69) is 48.6 Å². The van der Waals surface area contributed by atoms with Crippen LogP contribution in [0.4, 0.5) is 5.69 Å². The molecule has 0 aromatic heterocycles. The summed E-state index contributed by atoms with van der Waals surface area (Å²) in [7, 11) is 0. The summed E-state index contributed by atoms with van der Waals surface area (Å²) in [5, 5.41) is 3.38. The van der Waals surface area contributed by atoms with E-state index in [1.807, 2.05) is 53.4 Å². The molecule has 3 aromatic rings. The maximum Gasteiger partial charge on any atom is 0.275 e. The van der Waals surface area contributed by atoms with Gasteiger partial charge < -0.3 is 5.32 Å². The van der Waals surface area contributed by atoms with Gasteiger partial charge >= 0.3 is 0 Å². The zero-order chi connectivity index (χ0) is 20.5. The highest BCUT2D eigenvalue weighted by molar-refractivity contribution is 6.23. The van der Waals surface area contributed by atoms with Crippen molar-refractivity contribution < 1.29 is 4.79 Å². The van der Waals surface area contributed by atoms with Crippen LogP contribution in [0.1, 0.15) is 22.7 Å². The first-order valence-corrected chi connectivity index (χ1v) is 10.3. The first-order chi connectivity index (χ1) is 14.7. The zero-order valence-electron chi connectivity index (χ0n) is 16.9. The Bertz CT molecular complexity index is 1130. The Morgan fingerprint density at radius 3 is 2.27 bits per heavy atom. The van der Waals surface area contributed by atoms with E-state index in [9.17, 15) is 4.79 Å². The van der Waals surface area contributed by atoms with Crippen molar-refractivity contribution >= 4 is 17.3 Å². The molecule has 30 heavy (non-hydrogen) atoms. The van der Waals surface area contributed by atoms with Gasteiger partial charge in [0.2, 0.25) is 0 Å². The number of aryl methyl sites for hydroxylation is 1. The number of anilines is 1. The molecule has 0 fully saturated rings. The average molecular weight is 393 g/mol. The fraction of sp³-hybridized carbons (Fsp3) is 0.154. The van der Waals surface area contributed by atoms with Crippen LogP contribution in [0.15, 0.2) is 101 Å². The summed E-state index contributed by atoms with van der Waals surface area (Å²) in [5.41, 5.74) is 6.70. The number of nitrogens with one attached hydrogen (secondary N) is 1. The topological polar surface area (TPSA) is 44.7 Å². The van der Waals surface area contributed by atoms with Crippen LogP contribution in [0.2, 0.25) is 0 Å². The largest absolute Gasteiger partial charge is 0.378 e. The molecule has 0 unspecified atom stereocenters. The van der Waals surface area contributed by atoms with Crippen LogP contribution >= 0.6 is 0 Å². The minimum atomic E-state index is -0.236. The molecule has 0 aliphatic carbocycles. The molecule has 2 aliphatic heterocycles. The Labute approximate surface area is 176 Å². The number of hydrogen-bond acceptors (Lipinski definition) is 3. The average Bonchev–Trinajstić information content (AvgIpc) is 2.93. The molecule has 1 atom stereocenters. The third kappa shape index (κ3) is 3.11. The number of para-hydroxylation sites is 1. The molecule has 0 radical (unpaired) electrons. The second-order valence-corrected chi connectivity index (χ2v) is 7.64. The summed E-state index contributed by atoms with van der Waals surface area (Å²) >= 11 is 0. The molecule has 0 saturated heterocycles. The van der Waals surface area contributed by atoms with Crippen LogP contribution in [0.3, 0.4) is 0 Å². The normalized spacial score (nSPS) is 18.6. The first kappa shape index (κ1) is 18.4. The summed E-state index contributed by atoms with van der Waals surface area (Å²) in [6, 6.07) is 28.3. The lowest BCUT2D eigenvalue weighted by Crippen LogP contribution is -2.33. The SMILES string of the molecule is Cc1ccc([C@@H]2C3=C(NCCN=C3c3ccccc3)C(=O)N2c2ccccc2)cc1. The van der Waals surface area contributed by atoms with Crippen molar-refractivity contribution in [2.75, 3.05) is 18.0 Å². The van der Waals surface area contributed by atoms with Gasteiger partial charge in [-0.3, -0.25) is 14.7 Å². The molecular formula is C26H23N3O. The molecule has 3 aromatic carbocycles. The predicted octanol–water partition coefficient (Wildman–Crippen LogP) is 4.43. The minimum Gasteiger partial charge on any atom is -0.378 e. The molecule has 1 N–H and O–H groups in total. The fourth-order valence-corrected chi connectivity index (χ4v) is 4.23. The summed E-state index contributed by atoms with van der Waals surface area (Å²) in [6.45, 7) is 3.36. The lowest BCUT2D eigenvalue weighted by atomic mass is 9.91. The minimum absolute atomic E-state index is 0.00712. The summed E-state index contributed by atoms with van der Waals surface area (Å²) in [6.07, 6.45) is 0.